The van der Waals surface area contributed by atoms with E-state index in [0.29, 0.717) is 24.6 Å². The predicted octanol–water partition coefficient (Wildman–Crippen LogP) is 3.43. The molecule has 0 aliphatic rings. The van der Waals surface area contributed by atoms with Gasteiger partial charge in [0.1, 0.15) is 5.69 Å². The summed E-state index contributed by atoms with van der Waals surface area (Å²) >= 11 is 1.46. The summed E-state index contributed by atoms with van der Waals surface area (Å²) in [6, 6.07) is 7.93. The highest BCUT2D eigenvalue weighted by molar-refractivity contribution is 7.09. The Morgan fingerprint density at radius 1 is 1.21 bits per heavy atom. The van der Waals surface area contributed by atoms with Gasteiger partial charge in [0.2, 0.25) is 5.95 Å². The summed E-state index contributed by atoms with van der Waals surface area (Å²) in [4.78, 5) is 24.0. The first-order valence-corrected chi connectivity index (χ1v) is 10.2. The summed E-state index contributed by atoms with van der Waals surface area (Å²) in [5.74, 6) is 0.315. The molecule has 3 N–H and O–H groups in total. The van der Waals surface area contributed by atoms with Crippen molar-refractivity contribution in [2.75, 3.05) is 31.5 Å². The van der Waals surface area contributed by atoms with Gasteiger partial charge in [0, 0.05) is 24.9 Å². The highest BCUT2D eigenvalue weighted by atomic mass is 35.5. The normalized spacial score (nSPS) is 10.6. The molecule has 10 heteroatoms. The van der Waals surface area contributed by atoms with Gasteiger partial charge in [0.25, 0.3) is 5.91 Å². The monoisotopic (exact) mass is 458 g/mol. The average Bonchev–Trinajstić information content (AvgIpc) is 3.28. The van der Waals surface area contributed by atoms with Gasteiger partial charge in [-0.3, -0.25) is 10.1 Å². The minimum absolute atomic E-state index is 0. The molecule has 1 aromatic carbocycles. The van der Waals surface area contributed by atoms with E-state index in [2.05, 4.69) is 38.6 Å². The van der Waals surface area contributed by atoms with Gasteiger partial charge in [-0.25, -0.2) is 9.97 Å². The van der Waals surface area contributed by atoms with Crippen molar-refractivity contribution >= 4 is 59.0 Å². The molecular formula is C19H28Cl2N6OS. The van der Waals surface area contributed by atoms with Crippen LogP contribution in [0.5, 0.6) is 0 Å². The number of thiazole rings is 1. The molecule has 0 aliphatic heterocycles. The number of carbonyl (C=O) groups is 1. The Kier molecular flexibility index (Phi) is 10.6. The number of hydrogen-bond acceptors (Lipinski definition) is 6. The number of nitrogens with two attached hydrogens (primary N) is 1. The van der Waals surface area contributed by atoms with Gasteiger partial charge in [-0.2, -0.15) is 0 Å². The first-order chi connectivity index (χ1) is 13.2. The van der Waals surface area contributed by atoms with E-state index >= 15 is 0 Å². The first kappa shape index (κ1) is 25.3. The third kappa shape index (κ3) is 6.13. The maximum Gasteiger partial charge on any atom is 0.277 e. The summed E-state index contributed by atoms with van der Waals surface area (Å²) in [6.07, 6.45) is 0.681. The van der Waals surface area contributed by atoms with Crippen molar-refractivity contribution in [3.63, 3.8) is 0 Å². The van der Waals surface area contributed by atoms with Crippen LogP contribution in [-0.4, -0.2) is 51.5 Å². The number of rotatable bonds is 9. The summed E-state index contributed by atoms with van der Waals surface area (Å²) < 4.78 is 2.07. The first-order valence-electron chi connectivity index (χ1n) is 9.29. The lowest BCUT2D eigenvalue weighted by molar-refractivity contribution is 0.102. The maximum absolute atomic E-state index is 12.6. The zero-order valence-corrected chi connectivity index (χ0v) is 19.1. The topological polar surface area (TPSA) is 89.1 Å². The summed E-state index contributed by atoms with van der Waals surface area (Å²) in [5, 5.41) is 5.58. The van der Waals surface area contributed by atoms with E-state index in [0.717, 1.165) is 42.2 Å². The second-order valence-corrected chi connectivity index (χ2v) is 7.16. The molecule has 2 heterocycles. The van der Waals surface area contributed by atoms with Crippen molar-refractivity contribution in [3.05, 3.63) is 40.3 Å². The standard InChI is InChI=1S/C19H26N6OS.2ClH/c1-3-24(4-2)11-12-25-16-8-6-5-7-14(16)22-19(25)23-18(26)15-13-27-17(21-15)9-10-20;;/h5-8,13H,3-4,9-12,20H2,1-2H3,(H,22,23,26);2*1H. The number of aromatic nitrogens is 3. The minimum atomic E-state index is -0.242. The number of imidazole rings is 1. The largest absolute Gasteiger partial charge is 0.330 e. The lowest BCUT2D eigenvalue weighted by atomic mass is 10.3. The molecule has 160 valence electrons. The third-order valence-corrected chi connectivity index (χ3v) is 5.47. The minimum Gasteiger partial charge on any atom is -0.330 e. The molecule has 1 amide bonds. The molecule has 0 spiro atoms. The predicted molar refractivity (Wildman–Crippen MR) is 125 cm³/mol. The highest BCUT2D eigenvalue weighted by Crippen LogP contribution is 2.20. The zero-order chi connectivity index (χ0) is 19.2. The van der Waals surface area contributed by atoms with Crippen molar-refractivity contribution in [2.45, 2.75) is 26.8 Å². The number of hydrogen-bond donors (Lipinski definition) is 2. The Bertz CT molecular complexity index is 909. The van der Waals surface area contributed by atoms with Crippen molar-refractivity contribution in [2.24, 2.45) is 5.73 Å². The second-order valence-electron chi connectivity index (χ2n) is 6.22. The zero-order valence-electron chi connectivity index (χ0n) is 16.6. The number of fused-ring (bicyclic) bond motifs is 1. The van der Waals surface area contributed by atoms with Crippen molar-refractivity contribution in [3.8, 4) is 0 Å². The number of carbonyl (C=O) groups excluding carboxylic acids is 1. The lowest BCUT2D eigenvalue weighted by Gasteiger charge is -2.19. The van der Waals surface area contributed by atoms with Gasteiger partial charge in [-0.1, -0.05) is 26.0 Å². The highest BCUT2D eigenvalue weighted by Gasteiger charge is 2.17. The molecule has 2 aromatic heterocycles. The van der Waals surface area contributed by atoms with Crippen LogP contribution in [0.15, 0.2) is 29.6 Å². The number of nitrogens with one attached hydrogen (secondary N) is 1. The SMILES string of the molecule is CCN(CC)CCn1c(NC(=O)c2csc(CCN)n2)nc2ccccc21.Cl.Cl. The van der Waals surface area contributed by atoms with Crippen LogP contribution in [0.2, 0.25) is 0 Å². The fraction of sp³-hybridized carbons (Fsp3) is 0.421. The van der Waals surface area contributed by atoms with E-state index in [1.54, 1.807) is 5.38 Å². The van der Waals surface area contributed by atoms with Gasteiger partial charge in [0.05, 0.1) is 16.0 Å². The number of likely N-dealkylation sites (N-methyl/N-ethyl adjacent to an activating group) is 1. The van der Waals surface area contributed by atoms with Crippen LogP contribution < -0.4 is 11.1 Å². The van der Waals surface area contributed by atoms with E-state index in [1.165, 1.54) is 11.3 Å². The Morgan fingerprint density at radius 2 is 1.93 bits per heavy atom. The van der Waals surface area contributed by atoms with Gasteiger partial charge in [0.15, 0.2) is 0 Å². The maximum atomic E-state index is 12.6. The Labute approximate surface area is 187 Å². The van der Waals surface area contributed by atoms with Crippen LogP contribution in [0, 0.1) is 0 Å². The number of benzene rings is 1. The summed E-state index contributed by atoms with van der Waals surface area (Å²) in [7, 11) is 0. The Balaban J connectivity index is 0.00000210. The van der Waals surface area contributed by atoms with Crippen molar-refractivity contribution in [1.82, 2.24) is 19.4 Å². The van der Waals surface area contributed by atoms with Crippen molar-refractivity contribution in [1.29, 1.82) is 0 Å². The number of halogens is 2. The quantitative estimate of drug-likeness (QED) is 0.512. The Morgan fingerprint density at radius 3 is 2.62 bits per heavy atom. The molecule has 3 rings (SSSR count). The molecule has 0 fully saturated rings. The van der Waals surface area contributed by atoms with Gasteiger partial charge >= 0.3 is 0 Å². The fourth-order valence-electron chi connectivity index (χ4n) is 3.00. The van der Waals surface area contributed by atoms with Crippen LogP contribution in [0.4, 0.5) is 5.95 Å². The second kappa shape index (κ2) is 12.1. The Hall–Kier alpha value is -1.71. The van der Waals surface area contributed by atoms with Crippen LogP contribution in [0.1, 0.15) is 29.3 Å². The smallest absolute Gasteiger partial charge is 0.277 e. The number of anilines is 1. The third-order valence-electron chi connectivity index (χ3n) is 4.56. The van der Waals surface area contributed by atoms with E-state index in [4.69, 9.17) is 5.73 Å². The van der Waals surface area contributed by atoms with Crippen LogP contribution in [-0.2, 0) is 13.0 Å². The van der Waals surface area contributed by atoms with E-state index in [1.807, 2.05) is 24.3 Å². The number of amides is 1. The molecule has 0 bridgehead atoms. The molecule has 0 saturated heterocycles. The molecule has 7 nitrogen and oxygen atoms in total. The molecule has 0 atom stereocenters. The molecule has 3 aromatic rings. The average molecular weight is 459 g/mol. The van der Waals surface area contributed by atoms with Crippen LogP contribution in [0.3, 0.4) is 0 Å². The van der Waals surface area contributed by atoms with E-state index in [-0.39, 0.29) is 30.7 Å². The molecule has 29 heavy (non-hydrogen) atoms. The van der Waals surface area contributed by atoms with E-state index < -0.39 is 0 Å². The van der Waals surface area contributed by atoms with Gasteiger partial charge < -0.3 is 15.2 Å². The number of para-hydroxylation sites is 2. The van der Waals surface area contributed by atoms with Gasteiger partial charge in [-0.05, 0) is 31.8 Å². The van der Waals surface area contributed by atoms with Crippen molar-refractivity contribution < 1.29 is 4.79 Å². The molecule has 0 aliphatic carbocycles. The molecule has 0 unspecified atom stereocenters. The van der Waals surface area contributed by atoms with Crippen LogP contribution in [0.25, 0.3) is 11.0 Å². The molecular weight excluding hydrogens is 431 g/mol. The number of nitrogens with zero attached hydrogens (tertiary/aromatic N) is 4. The molecule has 0 saturated carbocycles. The van der Waals surface area contributed by atoms with E-state index in [9.17, 15) is 4.79 Å². The van der Waals surface area contributed by atoms with Gasteiger partial charge in [-0.15, -0.1) is 36.2 Å². The summed E-state index contributed by atoms with van der Waals surface area (Å²) in [5.41, 5.74) is 7.86. The van der Waals surface area contributed by atoms with Crippen LogP contribution >= 0.6 is 36.2 Å². The molecule has 0 radical (unpaired) electrons. The fourth-order valence-corrected chi connectivity index (χ4v) is 3.79. The summed E-state index contributed by atoms with van der Waals surface area (Å²) in [6.45, 7) is 8.47. The lowest BCUT2D eigenvalue weighted by Crippen LogP contribution is -2.27.